The summed E-state index contributed by atoms with van der Waals surface area (Å²) in [7, 11) is 0. The zero-order valence-electron chi connectivity index (χ0n) is 14.5. The van der Waals surface area contributed by atoms with E-state index < -0.39 is 5.41 Å². The maximum absolute atomic E-state index is 13.5. The van der Waals surface area contributed by atoms with E-state index in [0.29, 0.717) is 18.6 Å². The summed E-state index contributed by atoms with van der Waals surface area (Å²) in [6.45, 7) is 12.0. The molecule has 1 aliphatic heterocycles. The van der Waals surface area contributed by atoms with Crippen molar-refractivity contribution in [1.82, 2.24) is 0 Å². The third kappa shape index (κ3) is 1.38. The maximum Gasteiger partial charge on any atom is 0.172 e. The summed E-state index contributed by atoms with van der Waals surface area (Å²) in [5.41, 5.74) is 0.493. The molecule has 3 heteroatoms. The van der Waals surface area contributed by atoms with Crippen molar-refractivity contribution >= 4 is 11.6 Å². The first kappa shape index (κ1) is 15.1. The molecule has 5 saturated carbocycles. The molecule has 3 nitrogen and oxygen atoms in total. The van der Waals surface area contributed by atoms with Gasteiger partial charge in [0.1, 0.15) is 0 Å². The van der Waals surface area contributed by atoms with Gasteiger partial charge in [-0.2, -0.15) is 0 Å². The molecule has 0 radical (unpaired) electrons. The van der Waals surface area contributed by atoms with E-state index in [9.17, 15) is 9.59 Å². The molecule has 6 atom stereocenters. The van der Waals surface area contributed by atoms with Gasteiger partial charge >= 0.3 is 0 Å². The van der Waals surface area contributed by atoms with E-state index in [4.69, 9.17) is 4.74 Å². The molecule has 1 heterocycles. The number of carbonyl (C=O) groups excluding carboxylic acids is 2. The molecule has 0 N–H and O–H groups in total. The number of allylic oxidation sites excluding steroid dienone is 2. The van der Waals surface area contributed by atoms with E-state index in [1.165, 1.54) is 6.42 Å². The van der Waals surface area contributed by atoms with Gasteiger partial charge in [-0.15, -0.1) is 0 Å². The van der Waals surface area contributed by atoms with Gasteiger partial charge in [-0.25, -0.2) is 0 Å². The Bertz CT molecular complexity index is 692. The average molecular weight is 326 g/mol. The van der Waals surface area contributed by atoms with Crippen molar-refractivity contribution in [1.29, 1.82) is 0 Å². The van der Waals surface area contributed by atoms with Crippen LogP contribution in [0, 0.1) is 34.0 Å². The van der Waals surface area contributed by atoms with Gasteiger partial charge in [-0.05, 0) is 60.5 Å². The zero-order valence-corrected chi connectivity index (χ0v) is 14.5. The van der Waals surface area contributed by atoms with E-state index in [0.717, 1.165) is 37.9 Å². The van der Waals surface area contributed by atoms with E-state index in [1.54, 1.807) is 0 Å². The van der Waals surface area contributed by atoms with Crippen LogP contribution in [0.15, 0.2) is 24.3 Å². The first-order valence-corrected chi connectivity index (χ1v) is 9.42. The molecular formula is C21H26O3. The fraction of sp³-hybridized carbons (Fsp3) is 0.714. The summed E-state index contributed by atoms with van der Waals surface area (Å²) in [6, 6.07) is 0. The van der Waals surface area contributed by atoms with Crippen molar-refractivity contribution in [3.63, 3.8) is 0 Å². The summed E-state index contributed by atoms with van der Waals surface area (Å²) in [5.74, 6) is 0.675. The highest BCUT2D eigenvalue weighted by Crippen LogP contribution is 2.72. The first-order chi connectivity index (χ1) is 11.4. The fourth-order valence-corrected chi connectivity index (χ4v) is 7.59. The van der Waals surface area contributed by atoms with Gasteiger partial charge in [0.05, 0.1) is 18.6 Å². The Kier molecular flexibility index (Phi) is 2.70. The van der Waals surface area contributed by atoms with E-state index in [-0.39, 0.29) is 40.2 Å². The molecule has 24 heavy (non-hydrogen) atoms. The standard InChI is InChI=1S/C21H26O3/c1-12-14-5-8-21(17(12)22)15(9-14)20-7-4-6-19(3,10-24-11-20)16(20)13(2)18(21)23/h14-16H,1-2,4-11H2,3H3/t14-,15?,16?,19+,20-,21?/m1/s1. The minimum atomic E-state index is -0.863. The van der Waals surface area contributed by atoms with Crippen LogP contribution in [-0.4, -0.2) is 24.8 Å². The summed E-state index contributed by atoms with van der Waals surface area (Å²) in [5, 5.41) is 0. The second-order valence-electron chi connectivity index (χ2n) is 9.37. The van der Waals surface area contributed by atoms with E-state index in [2.05, 4.69) is 20.1 Å². The molecule has 0 aromatic heterocycles. The molecule has 128 valence electrons. The molecule has 6 rings (SSSR count). The lowest BCUT2D eigenvalue weighted by atomic mass is 9.34. The molecule has 5 aliphatic carbocycles. The molecule has 3 unspecified atom stereocenters. The molecule has 6 aliphatic rings. The summed E-state index contributed by atoms with van der Waals surface area (Å²) < 4.78 is 6.11. The Labute approximate surface area is 143 Å². The average Bonchev–Trinajstić information content (AvgIpc) is 2.56. The number of hydrogen-bond donors (Lipinski definition) is 0. The minimum absolute atomic E-state index is 0.00159. The number of ketones is 2. The summed E-state index contributed by atoms with van der Waals surface area (Å²) >= 11 is 0. The van der Waals surface area contributed by atoms with Crippen molar-refractivity contribution in [2.45, 2.75) is 45.4 Å². The van der Waals surface area contributed by atoms with Crippen LogP contribution in [0.5, 0.6) is 0 Å². The summed E-state index contributed by atoms with van der Waals surface area (Å²) in [6.07, 6.45) is 5.90. The predicted molar refractivity (Wildman–Crippen MR) is 90.3 cm³/mol. The molecule has 1 saturated heterocycles. The minimum Gasteiger partial charge on any atom is -0.380 e. The van der Waals surface area contributed by atoms with Crippen LogP contribution in [0.1, 0.15) is 45.4 Å². The number of Topliss-reactive ketones (excluding diaryl/α,β-unsaturated/α-hetero) is 2. The van der Waals surface area contributed by atoms with E-state index >= 15 is 0 Å². The number of hydrogen-bond acceptors (Lipinski definition) is 3. The van der Waals surface area contributed by atoms with Gasteiger partial charge in [0, 0.05) is 11.3 Å². The SMILES string of the molecule is C=C1C(=O)C23CC[C@H](CC2[C@@]24CCC[C@@](C)(COC2)C14)C(=C)C3=O. The van der Waals surface area contributed by atoms with Crippen molar-refractivity contribution < 1.29 is 14.3 Å². The van der Waals surface area contributed by atoms with Gasteiger partial charge in [0.25, 0.3) is 0 Å². The molecule has 4 bridgehead atoms. The Hall–Kier alpha value is -1.22. The highest BCUT2D eigenvalue weighted by Gasteiger charge is 2.73. The van der Waals surface area contributed by atoms with Crippen LogP contribution in [0.25, 0.3) is 0 Å². The quantitative estimate of drug-likeness (QED) is 0.505. The molecule has 0 amide bonds. The lowest BCUT2D eigenvalue weighted by molar-refractivity contribution is -0.221. The summed E-state index contributed by atoms with van der Waals surface area (Å²) in [4.78, 5) is 26.7. The van der Waals surface area contributed by atoms with Crippen LogP contribution >= 0.6 is 0 Å². The lowest BCUT2D eigenvalue weighted by Gasteiger charge is -2.69. The van der Waals surface area contributed by atoms with Crippen molar-refractivity contribution in [2.75, 3.05) is 13.2 Å². The smallest absolute Gasteiger partial charge is 0.172 e. The number of ether oxygens (including phenoxy) is 1. The predicted octanol–water partition coefficient (Wildman–Crippen LogP) is 3.49. The van der Waals surface area contributed by atoms with Gasteiger partial charge in [-0.3, -0.25) is 9.59 Å². The van der Waals surface area contributed by atoms with Crippen molar-refractivity contribution in [3.8, 4) is 0 Å². The largest absolute Gasteiger partial charge is 0.380 e. The third-order valence-electron chi connectivity index (χ3n) is 8.40. The molecule has 6 fully saturated rings. The molecular weight excluding hydrogens is 300 g/mol. The van der Waals surface area contributed by atoms with Crippen LogP contribution in [0.3, 0.4) is 0 Å². The van der Waals surface area contributed by atoms with Crippen molar-refractivity contribution in [3.05, 3.63) is 24.3 Å². The highest BCUT2D eigenvalue weighted by atomic mass is 16.5. The van der Waals surface area contributed by atoms with Gasteiger partial charge < -0.3 is 4.74 Å². The Morgan fingerprint density at radius 3 is 2.58 bits per heavy atom. The lowest BCUT2D eigenvalue weighted by Crippen LogP contribution is -2.71. The Balaban J connectivity index is 1.75. The van der Waals surface area contributed by atoms with Crippen LogP contribution in [0.4, 0.5) is 0 Å². The number of rotatable bonds is 0. The maximum atomic E-state index is 13.5. The Morgan fingerprint density at radius 1 is 1.04 bits per heavy atom. The monoisotopic (exact) mass is 326 g/mol. The molecule has 0 aromatic carbocycles. The normalized spacial score (nSPS) is 53.0. The molecule has 0 aromatic rings. The van der Waals surface area contributed by atoms with E-state index in [1.807, 2.05) is 0 Å². The van der Waals surface area contributed by atoms with Gasteiger partial charge in [0.2, 0.25) is 0 Å². The van der Waals surface area contributed by atoms with Crippen molar-refractivity contribution in [2.24, 2.45) is 34.0 Å². The zero-order chi connectivity index (χ0) is 16.9. The highest BCUT2D eigenvalue weighted by molar-refractivity contribution is 6.21. The van der Waals surface area contributed by atoms with Gasteiger partial charge in [0.15, 0.2) is 11.6 Å². The van der Waals surface area contributed by atoms with Crippen LogP contribution in [-0.2, 0) is 14.3 Å². The number of carbonyl (C=O) groups is 2. The van der Waals surface area contributed by atoms with Crippen LogP contribution in [0.2, 0.25) is 0 Å². The van der Waals surface area contributed by atoms with Crippen LogP contribution < -0.4 is 0 Å². The molecule has 1 spiro atoms. The topological polar surface area (TPSA) is 43.4 Å². The second-order valence-corrected chi connectivity index (χ2v) is 9.37. The fourth-order valence-electron chi connectivity index (χ4n) is 7.59. The first-order valence-electron chi connectivity index (χ1n) is 9.42. The Morgan fingerprint density at radius 2 is 1.79 bits per heavy atom. The second kappa shape index (κ2) is 4.30. The van der Waals surface area contributed by atoms with Gasteiger partial charge in [-0.1, -0.05) is 26.5 Å². The number of fused-ring (bicyclic) bond motifs is 2. The third-order valence-corrected chi connectivity index (χ3v) is 8.40.